The molecule has 3 atom stereocenters. The average Bonchev–Trinajstić information content (AvgIpc) is 3.26. The van der Waals surface area contributed by atoms with E-state index < -0.39 is 54.2 Å². The van der Waals surface area contributed by atoms with Crippen molar-refractivity contribution in [1.82, 2.24) is 0 Å². The first-order chi connectivity index (χ1) is 13.7. The van der Waals surface area contributed by atoms with E-state index in [9.17, 15) is 14.4 Å². The molecule has 8 heteroatoms. The first-order valence-corrected chi connectivity index (χ1v) is 9.44. The van der Waals surface area contributed by atoms with Gasteiger partial charge in [0.25, 0.3) is 0 Å². The Bertz CT molecular complexity index is 768. The Kier molecular flexibility index (Phi) is 6.04. The number of benzene rings is 1. The maximum atomic E-state index is 12.7. The topological polar surface area (TPSA) is 97.4 Å². The summed E-state index contributed by atoms with van der Waals surface area (Å²) in [6, 6.07) is 8.66. The van der Waals surface area contributed by atoms with Gasteiger partial charge in [0.15, 0.2) is 18.3 Å². The summed E-state index contributed by atoms with van der Waals surface area (Å²) < 4.78 is 27.9. The van der Waals surface area contributed by atoms with Crippen LogP contribution in [-0.2, 0) is 43.9 Å². The van der Waals surface area contributed by atoms with Gasteiger partial charge in [0.2, 0.25) is 5.79 Å². The molecule has 0 aliphatic carbocycles. The molecule has 1 aromatic carbocycles. The molecule has 0 amide bonds. The fraction of sp³-hybridized carbons (Fsp3) is 0.476. The molecule has 3 rings (SSSR count). The zero-order valence-electron chi connectivity index (χ0n) is 16.7. The number of hydrogen-bond acceptors (Lipinski definition) is 8. The van der Waals surface area contributed by atoms with E-state index in [1.54, 1.807) is 58.0 Å². The third-order valence-corrected chi connectivity index (χ3v) is 4.25. The van der Waals surface area contributed by atoms with Crippen LogP contribution in [0.15, 0.2) is 42.5 Å². The summed E-state index contributed by atoms with van der Waals surface area (Å²) >= 11 is 0. The molecule has 0 radical (unpaired) electrons. The van der Waals surface area contributed by atoms with Crippen molar-refractivity contribution in [2.45, 2.75) is 64.0 Å². The molecule has 1 saturated heterocycles. The van der Waals surface area contributed by atoms with E-state index in [2.05, 4.69) is 0 Å². The van der Waals surface area contributed by atoms with Crippen molar-refractivity contribution >= 4 is 17.9 Å². The molecule has 2 aliphatic rings. The van der Waals surface area contributed by atoms with Gasteiger partial charge in [0.1, 0.15) is 0 Å². The van der Waals surface area contributed by atoms with Crippen LogP contribution >= 0.6 is 0 Å². The molecule has 8 nitrogen and oxygen atoms in total. The SMILES string of the molecule is CC(C)OC(=O)[C@@H]1OC(c2ccccc2)([C@H]2C=CC(=O)O2)O[C@H]1C(=O)OC(C)C. The minimum Gasteiger partial charge on any atom is -0.461 e. The Morgan fingerprint density at radius 3 is 1.86 bits per heavy atom. The van der Waals surface area contributed by atoms with Crippen LogP contribution in [0.4, 0.5) is 0 Å². The third kappa shape index (κ3) is 4.33. The molecular weight excluding hydrogens is 380 g/mol. The lowest BCUT2D eigenvalue weighted by atomic mass is 10.00. The predicted molar refractivity (Wildman–Crippen MR) is 99.3 cm³/mol. The molecule has 2 aliphatic heterocycles. The third-order valence-electron chi connectivity index (χ3n) is 4.25. The molecule has 0 bridgehead atoms. The summed E-state index contributed by atoms with van der Waals surface area (Å²) in [5.41, 5.74) is 0.478. The van der Waals surface area contributed by atoms with Crippen LogP contribution in [0.1, 0.15) is 33.3 Å². The van der Waals surface area contributed by atoms with Crippen LogP contribution in [0.2, 0.25) is 0 Å². The summed E-state index contributed by atoms with van der Waals surface area (Å²) in [6.45, 7) is 6.73. The second-order valence-electron chi connectivity index (χ2n) is 7.30. The number of cyclic esters (lactones) is 1. The van der Waals surface area contributed by atoms with Crippen LogP contribution in [-0.4, -0.2) is 48.4 Å². The highest BCUT2D eigenvalue weighted by atomic mass is 16.8. The lowest BCUT2D eigenvalue weighted by Gasteiger charge is -2.32. The van der Waals surface area contributed by atoms with Crippen LogP contribution in [0, 0.1) is 0 Å². The molecule has 0 aromatic heterocycles. The Morgan fingerprint density at radius 2 is 1.45 bits per heavy atom. The van der Waals surface area contributed by atoms with Gasteiger partial charge in [-0.05, 0) is 33.8 Å². The molecule has 29 heavy (non-hydrogen) atoms. The molecule has 1 aromatic rings. The first kappa shape index (κ1) is 21.0. The summed E-state index contributed by atoms with van der Waals surface area (Å²) in [4.78, 5) is 37.1. The maximum Gasteiger partial charge on any atom is 0.339 e. The van der Waals surface area contributed by atoms with Gasteiger partial charge in [-0.1, -0.05) is 30.3 Å². The fourth-order valence-electron chi connectivity index (χ4n) is 3.15. The minimum absolute atomic E-state index is 0.427. The second kappa shape index (κ2) is 8.34. The van der Waals surface area contributed by atoms with Gasteiger partial charge in [0, 0.05) is 11.6 Å². The van der Waals surface area contributed by atoms with E-state index in [0.29, 0.717) is 5.56 Å². The van der Waals surface area contributed by atoms with E-state index in [-0.39, 0.29) is 0 Å². The number of carbonyl (C=O) groups excluding carboxylic acids is 3. The van der Waals surface area contributed by atoms with Crippen molar-refractivity contribution in [1.29, 1.82) is 0 Å². The highest BCUT2D eigenvalue weighted by molar-refractivity contribution is 5.87. The summed E-state index contributed by atoms with van der Waals surface area (Å²) in [5, 5.41) is 0. The van der Waals surface area contributed by atoms with Gasteiger partial charge >= 0.3 is 17.9 Å². The van der Waals surface area contributed by atoms with Crippen molar-refractivity contribution in [2.75, 3.05) is 0 Å². The number of carbonyl (C=O) groups is 3. The number of rotatable bonds is 6. The number of esters is 3. The predicted octanol–water partition coefficient (Wildman–Crippen LogP) is 2.01. The second-order valence-corrected chi connectivity index (χ2v) is 7.30. The van der Waals surface area contributed by atoms with Gasteiger partial charge < -0.3 is 23.7 Å². The van der Waals surface area contributed by atoms with Crippen LogP contribution in [0.3, 0.4) is 0 Å². The Balaban J connectivity index is 2.02. The van der Waals surface area contributed by atoms with Crippen molar-refractivity contribution in [3.8, 4) is 0 Å². The molecule has 1 fully saturated rings. The lowest BCUT2D eigenvalue weighted by Crippen LogP contribution is -2.42. The molecule has 156 valence electrons. The van der Waals surface area contributed by atoms with E-state index in [1.165, 1.54) is 12.2 Å². The fourth-order valence-corrected chi connectivity index (χ4v) is 3.15. The monoisotopic (exact) mass is 404 g/mol. The highest BCUT2D eigenvalue weighted by Crippen LogP contribution is 2.44. The van der Waals surface area contributed by atoms with Gasteiger partial charge in [0.05, 0.1) is 12.2 Å². The largest absolute Gasteiger partial charge is 0.461 e. The smallest absolute Gasteiger partial charge is 0.339 e. The minimum atomic E-state index is -1.70. The van der Waals surface area contributed by atoms with Gasteiger partial charge in [-0.3, -0.25) is 0 Å². The van der Waals surface area contributed by atoms with E-state index in [0.717, 1.165) is 0 Å². The van der Waals surface area contributed by atoms with Crippen molar-refractivity contribution < 1.29 is 38.1 Å². The first-order valence-electron chi connectivity index (χ1n) is 9.44. The molecule has 0 spiro atoms. The average molecular weight is 404 g/mol. The Labute approximate surface area is 168 Å². The van der Waals surface area contributed by atoms with Gasteiger partial charge in [-0.25, -0.2) is 14.4 Å². The van der Waals surface area contributed by atoms with Crippen molar-refractivity contribution in [2.24, 2.45) is 0 Å². The van der Waals surface area contributed by atoms with Crippen LogP contribution in [0.25, 0.3) is 0 Å². The Hall–Kier alpha value is -2.71. The standard InChI is InChI=1S/C21H24O8/c1-12(2)25-19(23)17-18(20(24)26-13(3)4)29-21(28-17,14-8-6-5-7-9-14)15-10-11-16(22)27-15/h5-13,15,17-18H,1-4H3/t15-,17-,18-/m1/s1. The van der Waals surface area contributed by atoms with E-state index in [1.807, 2.05) is 0 Å². The molecule has 0 saturated carbocycles. The van der Waals surface area contributed by atoms with Crippen LogP contribution in [0.5, 0.6) is 0 Å². The molecule has 0 N–H and O–H groups in total. The van der Waals surface area contributed by atoms with E-state index in [4.69, 9.17) is 23.7 Å². The zero-order valence-corrected chi connectivity index (χ0v) is 16.7. The van der Waals surface area contributed by atoms with Crippen molar-refractivity contribution in [3.05, 3.63) is 48.0 Å². The molecular formula is C21H24O8. The maximum absolute atomic E-state index is 12.7. The number of ether oxygens (including phenoxy) is 5. The molecule has 2 heterocycles. The Morgan fingerprint density at radius 1 is 0.931 bits per heavy atom. The van der Waals surface area contributed by atoms with Crippen LogP contribution < -0.4 is 0 Å². The highest BCUT2D eigenvalue weighted by Gasteiger charge is 2.60. The van der Waals surface area contributed by atoms with Crippen molar-refractivity contribution in [3.63, 3.8) is 0 Å². The lowest BCUT2D eigenvalue weighted by molar-refractivity contribution is -0.238. The summed E-state index contributed by atoms with van der Waals surface area (Å²) in [5.74, 6) is -3.81. The quantitative estimate of drug-likeness (QED) is 0.525. The zero-order chi connectivity index (χ0) is 21.2. The van der Waals surface area contributed by atoms with E-state index >= 15 is 0 Å². The van der Waals surface area contributed by atoms with Gasteiger partial charge in [-0.15, -0.1) is 0 Å². The normalized spacial score (nSPS) is 25.3. The number of hydrogen-bond donors (Lipinski definition) is 0. The summed E-state index contributed by atoms with van der Waals surface area (Å²) in [7, 11) is 0. The van der Waals surface area contributed by atoms with Gasteiger partial charge in [-0.2, -0.15) is 0 Å². The molecule has 0 unspecified atom stereocenters. The summed E-state index contributed by atoms with van der Waals surface area (Å²) in [6.07, 6.45) is -1.93.